The molecule has 0 aromatic heterocycles. The number of halogens is 1. The molecule has 7 nitrogen and oxygen atoms in total. The molecule has 0 unspecified atom stereocenters. The van der Waals surface area contributed by atoms with Crippen molar-refractivity contribution in [3.05, 3.63) is 59.7 Å². The normalized spacial score (nSPS) is 16.3. The van der Waals surface area contributed by atoms with E-state index in [0.717, 1.165) is 5.56 Å². The monoisotopic (exact) mass is 495 g/mol. The Morgan fingerprint density at radius 3 is 1.85 bits per heavy atom. The molecule has 1 aliphatic heterocycles. The first-order valence-corrected chi connectivity index (χ1v) is 12.4. The van der Waals surface area contributed by atoms with Gasteiger partial charge in [0.15, 0.2) is 5.72 Å². The van der Waals surface area contributed by atoms with E-state index >= 15 is 0 Å². The van der Waals surface area contributed by atoms with E-state index in [1.165, 1.54) is 9.87 Å². The van der Waals surface area contributed by atoms with Gasteiger partial charge < -0.3 is 4.74 Å². The number of amides is 1. The highest BCUT2D eigenvalue weighted by molar-refractivity contribution is 7.89. The summed E-state index contributed by atoms with van der Waals surface area (Å²) in [7, 11) is -3.62. The fourth-order valence-corrected chi connectivity index (χ4v) is 5.10. The number of carbonyl (C=O) groups is 1. The lowest BCUT2D eigenvalue weighted by molar-refractivity contribution is -0.0116. The number of nitrogens with one attached hydrogen (secondary N) is 1. The van der Waals surface area contributed by atoms with E-state index in [1.807, 2.05) is 36.4 Å². The van der Waals surface area contributed by atoms with Gasteiger partial charge >= 0.3 is 6.09 Å². The molecule has 0 spiro atoms. The molecule has 1 aliphatic rings. The molecule has 3 N–H and O–H groups in total. The fraction of sp³-hybridized carbons (Fsp3) is 0.458. The molecular formula is C24H34ClN3O4S. The van der Waals surface area contributed by atoms with Crippen LogP contribution in [0.5, 0.6) is 0 Å². The lowest BCUT2D eigenvalue weighted by Crippen LogP contribution is -2.54. The summed E-state index contributed by atoms with van der Waals surface area (Å²) in [6.45, 7) is 8.68. The van der Waals surface area contributed by atoms with Gasteiger partial charge in [-0.3, -0.25) is 11.1 Å². The summed E-state index contributed by atoms with van der Waals surface area (Å²) in [4.78, 5) is 12.6. The Kier molecular flexibility index (Phi) is 8.93. The number of benzene rings is 2. The molecule has 0 bridgehead atoms. The van der Waals surface area contributed by atoms with Crippen molar-refractivity contribution >= 4 is 34.2 Å². The van der Waals surface area contributed by atoms with Gasteiger partial charge in [0, 0.05) is 31.6 Å². The molecule has 3 rings (SSSR count). The van der Waals surface area contributed by atoms with Gasteiger partial charge in [0.1, 0.15) is 0 Å². The molecule has 1 fully saturated rings. The van der Waals surface area contributed by atoms with Gasteiger partial charge in [-0.05, 0) is 47.2 Å². The van der Waals surface area contributed by atoms with Gasteiger partial charge in [-0.15, -0.1) is 12.4 Å². The molecule has 0 aliphatic carbocycles. The highest BCUT2D eigenvalue weighted by Crippen LogP contribution is 2.27. The Morgan fingerprint density at radius 2 is 1.39 bits per heavy atom. The van der Waals surface area contributed by atoms with Gasteiger partial charge in [0.2, 0.25) is 10.0 Å². The molecule has 182 valence electrons. The molecule has 0 radical (unpaired) electrons. The molecule has 1 saturated heterocycles. The van der Waals surface area contributed by atoms with E-state index in [0.29, 0.717) is 17.5 Å². The topological polar surface area (TPSA) is 102 Å². The summed E-state index contributed by atoms with van der Waals surface area (Å²) < 4.78 is 32.8. The quantitative estimate of drug-likeness (QED) is 0.546. The Morgan fingerprint density at radius 1 is 0.939 bits per heavy atom. The van der Waals surface area contributed by atoms with Crippen LogP contribution in [0.25, 0.3) is 0 Å². The van der Waals surface area contributed by atoms with Gasteiger partial charge in [-0.2, -0.15) is 4.31 Å². The minimum Gasteiger partial charge on any atom is -0.428 e. The minimum atomic E-state index is -3.62. The number of ether oxygens (including phenoxy) is 1. The average Bonchev–Trinajstić information content (AvgIpc) is 2.74. The van der Waals surface area contributed by atoms with Crippen molar-refractivity contribution < 1.29 is 17.9 Å². The standard InChI is InChI=1S/C24H33N3O4S.ClH/c1-17(2)19-5-9-21(10-6-19)26-23(28)31-24(25)13-15-27(16-14-24)32(29,30)22-11-7-20(8-12-22)18(3)4;/h5-12,17-18H,13-16,25H2,1-4H3,(H,26,28);1H. The van der Waals surface area contributed by atoms with Gasteiger partial charge in [-0.1, -0.05) is 52.0 Å². The van der Waals surface area contributed by atoms with Crippen LogP contribution in [0.15, 0.2) is 53.4 Å². The molecule has 1 amide bonds. The van der Waals surface area contributed by atoms with Crippen molar-refractivity contribution in [3.8, 4) is 0 Å². The molecule has 0 saturated carbocycles. The molecule has 1 heterocycles. The Balaban J connectivity index is 0.00000385. The smallest absolute Gasteiger partial charge is 0.413 e. The second-order valence-electron chi connectivity index (χ2n) is 8.98. The average molecular weight is 496 g/mol. The summed E-state index contributed by atoms with van der Waals surface area (Å²) in [6.07, 6.45) is -0.211. The van der Waals surface area contributed by atoms with Crippen molar-refractivity contribution in [3.63, 3.8) is 0 Å². The maximum Gasteiger partial charge on any atom is 0.413 e. The number of carbonyl (C=O) groups excluding carboxylic acids is 1. The predicted molar refractivity (Wildman–Crippen MR) is 133 cm³/mol. The Labute approximate surface area is 203 Å². The first kappa shape index (κ1) is 27.1. The second kappa shape index (κ2) is 10.9. The number of nitrogens with zero attached hydrogens (tertiary/aromatic N) is 1. The Bertz CT molecular complexity index is 1030. The lowest BCUT2D eigenvalue weighted by atomic mass is 10.0. The van der Waals surface area contributed by atoms with E-state index in [4.69, 9.17) is 10.5 Å². The molecule has 33 heavy (non-hydrogen) atoms. The van der Waals surface area contributed by atoms with E-state index in [2.05, 4.69) is 33.0 Å². The molecular weight excluding hydrogens is 462 g/mol. The first-order valence-electron chi connectivity index (χ1n) is 11.0. The molecule has 2 aromatic carbocycles. The maximum absolute atomic E-state index is 13.0. The van der Waals surface area contributed by atoms with Crippen LogP contribution in [0.4, 0.5) is 10.5 Å². The summed E-state index contributed by atoms with van der Waals surface area (Å²) in [5, 5.41) is 2.69. The third-order valence-electron chi connectivity index (χ3n) is 5.87. The van der Waals surface area contributed by atoms with Crippen molar-refractivity contribution in [1.82, 2.24) is 4.31 Å². The van der Waals surface area contributed by atoms with E-state index in [-0.39, 0.29) is 43.2 Å². The van der Waals surface area contributed by atoms with Gasteiger partial charge in [0.25, 0.3) is 0 Å². The zero-order chi connectivity index (χ0) is 23.5. The second-order valence-corrected chi connectivity index (χ2v) is 10.9. The van der Waals surface area contributed by atoms with Gasteiger partial charge in [-0.25, -0.2) is 13.2 Å². The highest BCUT2D eigenvalue weighted by atomic mass is 35.5. The Hall–Kier alpha value is -2.13. The zero-order valence-corrected chi connectivity index (χ0v) is 21.2. The predicted octanol–water partition coefficient (Wildman–Crippen LogP) is 5.04. The van der Waals surface area contributed by atoms with E-state index in [1.54, 1.807) is 12.1 Å². The maximum atomic E-state index is 13.0. The number of piperidine rings is 1. The third-order valence-corrected chi connectivity index (χ3v) is 7.79. The summed E-state index contributed by atoms with van der Waals surface area (Å²) in [5.41, 5.74) is 7.93. The fourth-order valence-electron chi connectivity index (χ4n) is 3.66. The van der Waals surface area contributed by atoms with Crippen LogP contribution in [0.3, 0.4) is 0 Å². The summed E-state index contributed by atoms with van der Waals surface area (Å²) in [5.74, 6) is 0.731. The van der Waals surface area contributed by atoms with Crippen LogP contribution < -0.4 is 11.1 Å². The van der Waals surface area contributed by atoms with Crippen LogP contribution in [0.1, 0.15) is 63.5 Å². The van der Waals surface area contributed by atoms with Crippen molar-refractivity contribution in [2.45, 2.75) is 63.0 Å². The zero-order valence-electron chi connectivity index (χ0n) is 19.6. The van der Waals surface area contributed by atoms with Gasteiger partial charge in [0.05, 0.1) is 4.90 Å². The largest absolute Gasteiger partial charge is 0.428 e. The molecule has 2 aromatic rings. The summed E-state index contributed by atoms with van der Waals surface area (Å²) >= 11 is 0. The van der Waals surface area contributed by atoms with Crippen LogP contribution in [0, 0.1) is 0 Å². The van der Waals surface area contributed by atoms with Crippen LogP contribution >= 0.6 is 12.4 Å². The third kappa shape index (κ3) is 6.69. The number of hydrogen-bond donors (Lipinski definition) is 2. The van der Waals surface area contributed by atoms with Crippen molar-refractivity contribution in [2.75, 3.05) is 18.4 Å². The number of nitrogens with two attached hydrogens (primary N) is 1. The van der Waals surface area contributed by atoms with E-state index < -0.39 is 21.8 Å². The number of anilines is 1. The lowest BCUT2D eigenvalue weighted by Gasteiger charge is -2.37. The number of hydrogen-bond acceptors (Lipinski definition) is 5. The number of sulfonamides is 1. The van der Waals surface area contributed by atoms with Crippen molar-refractivity contribution in [2.24, 2.45) is 5.73 Å². The van der Waals surface area contributed by atoms with Crippen LogP contribution in [0.2, 0.25) is 0 Å². The molecule has 0 atom stereocenters. The number of rotatable bonds is 6. The minimum absolute atomic E-state index is 0. The van der Waals surface area contributed by atoms with Crippen molar-refractivity contribution in [1.29, 1.82) is 0 Å². The molecule has 9 heteroatoms. The highest BCUT2D eigenvalue weighted by Gasteiger charge is 2.38. The summed E-state index contributed by atoms with van der Waals surface area (Å²) in [6, 6.07) is 14.5. The first-order chi connectivity index (χ1) is 15.0. The van der Waals surface area contributed by atoms with E-state index in [9.17, 15) is 13.2 Å². The van der Waals surface area contributed by atoms with Crippen LogP contribution in [-0.2, 0) is 14.8 Å². The SMILES string of the molecule is CC(C)c1ccc(NC(=O)OC2(N)CCN(S(=O)(=O)c3ccc(C(C)C)cc3)CC2)cc1.Cl. The van der Waals surface area contributed by atoms with Crippen LogP contribution in [-0.4, -0.2) is 37.6 Å².